The minimum Gasteiger partial charge on any atom is -0.388 e. The number of carbonyl (C=O) groups is 1. The predicted molar refractivity (Wildman–Crippen MR) is 102 cm³/mol. The molecular formula is C22H29NO2. The Hall–Kier alpha value is -2.13. The van der Waals surface area contributed by atoms with Crippen molar-refractivity contribution in [1.29, 1.82) is 0 Å². The van der Waals surface area contributed by atoms with Crippen LogP contribution in [0.4, 0.5) is 0 Å². The molecule has 0 bridgehead atoms. The summed E-state index contributed by atoms with van der Waals surface area (Å²) in [6, 6.07) is 19.6. The Morgan fingerprint density at radius 1 is 0.880 bits per heavy atom. The van der Waals surface area contributed by atoms with Gasteiger partial charge in [-0.25, -0.2) is 0 Å². The van der Waals surface area contributed by atoms with E-state index in [2.05, 4.69) is 0 Å². The van der Waals surface area contributed by atoms with Crippen molar-refractivity contribution in [2.45, 2.75) is 52.3 Å². The largest absolute Gasteiger partial charge is 0.388 e. The van der Waals surface area contributed by atoms with Gasteiger partial charge >= 0.3 is 0 Å². The third-order valence-electron chi connectivity index (χ3n) is 4.51. The van der Waals surface area contributed by atoms with Gasteiger partial charge in [-0.05, 0) is 45.2 Å². The zero-order valence-corrected chi connectivity index (χ0v) is 15.6. The molecule has 0 aliphatic heterocycles. The average Bonchev–Trinajstić information content (AvgIpc) is 2.60. The molecule has 2 aromatic rings. The van der Waals surface area contributed by atoms with E-state index in [0.717, 1.165) is 11.1 Å². The van der Waals surface area contributed by atoms with E-state index in [9.17, 15) is 9.90 Å². The highest BCUT2D eigenvalue weighted by Gasteiger charge is 2.33. The van der Waals surface area contributed by atoms with Crippen LogP contribution < -0.4 is 0 Å². The van der Waals surface area contributed by atoms with Crippen molar-refractivity contribution in [3.63, 3.8) is 0 Å². The molecule has 0 fully saturated rings. The lowest BCUT2D eigenvalue weighted by molar-refractivity contribution is -0.143. The number of aliphatic hydroxyl groups is 1. The Morgan fingerprint density at radius 3 is 1.84 bits per heavy atom. The third kappa shape index (κ3) is 4.93. The molecule has 1 N–H and O–H groups in total. The Bertz CT molecular complexity index is 644. The van der Waals surface area contributed by atoms with Gasteiger partial charge in [0.15, 0.2) is 0 Å². The highest BCUT2D eigenvalue weighted by molar-refractivity contribution is 5.80. The number of benzene rings is 2. The second kappa shape index (κ2) is 8.82. The van der Waals surface area contributed by atoms with Gasteiger partial charge in [-0.2, -0.15) is 0 Å². The molecule has 0 spiro atoms. The SMILES string of the molecule is CC(C)N(C(=O)C(Cc1ccccc1)C(O)c1ccccc1)C(C)C. The molecule has 2 aromatic carbocycles. The zero-order valence-electron chi connectivity index (χ0n) is 15.6. The van der Waals surface area contributed by atoms with Crippen LogP contribution in [-0.2, 0) is 11.2 Å². The maximum Gasteiger partial charge on any atom is 0.229 e. The topological polar surface area (TPSA) is 40.5 Å². The summed E-state index contributed by atoms with van der Waals surface area (Å²) in [4.78, 5) is 15.2. The molecule has 2 rings (SSSR count). The molecule has 0 radical (unpaired) electrons. The van der Waals surface area contributed by atoms with Crippen molar-refractivity contribution in [2.75, 3.05) is 0 Å². The van der Waals surface area contributed by atoms with Crippen LogP contribution >= 0.6 is 0 Å². The summed E-state index contributed by atoms with van der Waals surface area (Å²) in [5, 5.41) is 11.0. The molecular weight excluding hydrogens is 310 g/mol. The summed E-state index contributed by atoms with van der Waals surface area (Å²) >= 11 is 0. The van der Waals surface area contributed by atoms with E-state index in [0.29, 0.717) is 6.42 Å². The van der Waals surface area contributed by atoms with Crippen molar-refractivity contribution in [3.05, 3.63) is 71.8 Å². The average molecular weight is 339 g/mol. The van der Waals surface area contributed by atoms with Gasteiger partial charge in [-0.3, -0.25) is 4.79 Å². The number of aliphatic hydroxyl groups excluding tert-OH is 1. The van der Waals surface area contributed by atoms with Gasteiger partial charge in [0.25, 0.3) is 0 Å². The molecule has 0 aliphatic rings. The summed E-state index contributed by atoms with van der Waals surface area (Å²) in [6.45, 7) is 8.08. The third-order valence-corrected chi connectivity index (χ3v) is 4.51. The second-order valence-electron chi connectivity index (χ2n) is 7.08. The summed E-state index contributed by atoms with van der Waals surface area (Å²) in [6.07, 6.45) is -0.306. The highest BCUT2D eigenvalue weighted by atomic mass is 16.3. The number of rotatable bonds is 7. The summed E-state index contributed by atoms with van der Waals surface area (Å²) in [5.74, 6) is -0.500. The molecule has 3 nitrogen and oxygen atoms in total. The van der Waals surface area contributed by atoms with E-state index >= 15 is 0 Å². The quantitative estimate of drug-likeness (QED) is 0.820. The van der Waals surface area contributed by atoms with Gasteiger partial charge < -0.3 is 10.0 Å². The van der Waals surface area contributed by atoms with E-state index in [1.807, 2.05) is 93.3 Å². The fraction of sp³-hybridized carbons (Fsp3) is 0.409. The van der Waals surface area contributed by atoms with Crippen LogP contribution in [0.15, 0.2) is 60.7 Å². The number of carbonyl (C=O) groups excluding carboxylic acids is 1. The van der Waals surface area contributed by atoms with Crippen molar-refractivity contribution in [1.82, 2.24) is 4.90 Å². The van der Waals surface area contributed by atoms with Crippen molar-refractivity contribution < 1.29 is 9.90 Å². The first-order valence-corrected chi connectivity index (χ1v) is 9.01. The number of hydrogen-bond donors (Lipinski definition) is 1. The Morgan fingerprint density at radius 2 is 1.36 bits per heavy atom. The second-order valence-corrected chi connectivity index (χ2v) is 7.08. The van der Waals surface area contributed by atoms with Gasteiger partial charge in [-0.1, -0.05) is 60.7 Å². The Balaban J connectivity index is 2.35. The molecule has 134 valence electrons. The highest BCUT2D eigenvalue weighted by Crippen LogP contribution is 2.28. The minimum absolute atomic E-state index is 0.00482. The first-order valence-electron chi connectivity index (χ1n) is 9.01. The maximum atomic E-state index is 13.3. The molecule has 25 heavy (non-hydrogen) atoms. The van der Waals surface area contributed by atoms with Gasteiger partial charge in [0.1, 0.15) is 0 Å². The minimum atomic E-state index is -0.825. The van der Waals surface area contributed by atoms with Gasteiger partial charge in [0.05, 0.1) is 12.0 Å². The fourth-order valence-corrected chi connectivity index (χ4v) is 3.38. The molecule has 1 amide bonds. The predicted octanol–water partition coefficient (Wildman–Crippen LogP) is 4.22. The van der Waals surface area contributed by atoms with E-state index in [1.165, 1.54) is 0 Å². The van der Waals surface area contributed by atoms with Crippen LogP contribution in [0.1, 0.15) is 44.9 Å². The molecule has 3 heteroatoms. The van der Waals surface area contributed by atoms with Crippen LogP contribution in [0.2, 0.25) is 0 Å². The van der Waals surface area contributed by atoms with Crippen LogP contribution in [0.5, 0.6) is 0 Å². The zero-order chi connectivity index (χ0) is 18.4. The van der Waals surface area contributed by atoms with E-state index in [-0.39, 0.29) is 18.0 Å². The molecule has 0 saturated heterocycles. The van der Waals surface area contributed by atoms with Crippen molar-refractivity contribution in [2.24, 2.45) is 5.92 Å². The van der Waals surface area contributed by atoms with Gasteiger partial charge in [0.2, 0.25) is 5.91 Å². The maximum absolute atomic E-state index is 13.3. The van der Waals surface area contributed by atoms with Gasteiger partial charge in [0, 0.05) is 12.1 Å². The lowest BCUT2D eigenvalue weighted by Crippen LogP contribution is -2.47. The molecule has 0 aliphatic carbocycles. The fourth-order valence-electron chi connectivity index (χ4n) is 3.38. The molecule has 2 unspecified atom stereocenters. The Kier molecular flexibility index (Phi) is 6.77. The summed E-state index contributed by atoms with van der Waals surface area (Å²) in [7, 11) is 0. The lowest BCUT2D eigenvalue weighted by Gasteiger charge is -2.35. The standard InChI is InChI=1S/C22H29NO2/c1-16(2)23(17(3)4)22(25)20(15-18-11-7-5-8-12-18)21(24)19-13-9-6-10-14-19/h5-14,16-17,20-21,24H,15H2,1-4H3. The van der Waals surface area contributed by atoms with Crippen molar-refractivity contribution in [3.8, 4) is 0 Å². The van der Waals surface area contributed by atoms with Gasteiger partial charge in [-0.15, -0.1) is 0 Å². The number of amides is 1. The summed E-state index contributed by atoms with van der Waals surface area (Å²) in [5.41, 5.74) is 1.84. The van der Waals surface area contributed by atoms with Crippen LogP contribution in [-0.4, -0.2) is 28.0 Å². The number of hydrogen-bond acceptors (Lipinski definition) is 2. The lowest BCUT2D eigenvalue weighted by atomic mass is 9.88. The molecule has 2 atom stereocenters. The molecule has 0 aromatic heterocycles. The first kappa shape index (κ1) is 19.2. The van der Waals surface area contributed by atoms with Crippen LogP contribution in [0.3, 0.4) is 0 Å². The molecule has 0 heterocycles. The van der Waals surface area contributed by atoms with Crippen LogP contribution in [0.25, 0.3) is 0 Å². The summed E-state index contributed by atoms with van der Waals surface area (Å²) < 4.78 is 0. The smallest absolute Gasteiger partial charge is 0.229 e. The molecule has 0 saturated carbocycles. The Labute approximate surface area is 151 Å². The van der Waals surface area contributed by atoms with Crippen molar-refractivity contribution >= 4 is 5.91 Å². The van der Waals surface area contributed by atoms with E-state index < -0.39 is 12.0 Å². The first-order chi connectivity index (χ1) is 11.9. The van der Waals surface area contributed by atoms with E-state index in [4.69, 9.17) is 0 Å². The monoisotopic (exact) mass is 339 g/mol. The van der Waals surface area contributed by atoms with E-state index in [1.54, 1.807) is 0 Å². The normalized spacial score (nSPS) is 13.7. The number of nitrogens with zero attached hydrogens (tertiary/aromatic N) is 1. The van der Waals surface area contributed by atoms with Crippen LogP contribution in [0, 0.1) is 5.92 Å².